The number of aromatic nitrogens is 5. The van der Waals surface area contributed by atoms with Gasteiger partial charge in [-0.05, 0) is 141 Å². The highest BCUT2D eigenvalue weighted by Gasteiger charge is 2.22. The summed E-state index contributed by atoms with van der Waals surface area (Å²) in [6, 6.07) is 27.8. The molecule has 10 rings (SSSR count). The number of benzene rings is 1. The number of rotatable bonds is 18. The molecule has 0 radical (unpaired) electrons. The van der Waals surface area contributed by atoms with Crippen molar-refractivity contribution in [3.8, 4) is 0 Å². The number of hydrogen-bond donors (Lipinski definition) is 7. The molecule has 3 amide bonds. The minimum absolute atomic E-state index is 0.0532. The van der Waals surface area contributed by atoms with Gasteiger partial charge in [0.25, 0.3) is 0 Å². The number of fused-ring (bicyclic) bond motifs is 4. The van der Waals surface area contributed by atoms with Gasteiger partial charge < -0.3 is 50.5 Å². The summed E-state index contributed by atoms with van der Waals surface area (Å²) in [7, 11) is 0. The molecule has 6 aromatic rings. The number of nitrogens with zero attached hydrogens (tertiary/aromatic N) is 5. The van der Waals surface area contributed by atoms with Gasteiger partial charge in [-0.1, -0.05) is 96.1 Å². The quantitative estimate of drug-likeness (QED) is 0.0421. The second kappa shape index (κ2) is 47.1. The first-order valence-corrected chi connectivity index (χ1v) is 31.3. The zero-order valence-electron chi connectivity index (χ0n) is 54.4. The third-order valence-electron chi connectivity index (χ3n) is 13.1. The Bertz CT molecular complexity index is 2910. The summed E-state index contributed by atoms with van der Waals surface area (Å²) >= 11 is 0. The first kappa shape index (κ1) is 78.2. The molecular formula is C69H95N9O13. The maximum Gasteiger partial charge on any atom is 0.328 e. The maximum atomic E-state index is 11.0. The predicted octanol–water partition coefficient (Wildman–Crippen LogP) is 9.35. The normalized spacial score (nSPS) is 13.2. The number of carboxylic acids is 3. The van der Waals surface area contributed by atoms with Crippen molar-refractivity contribution >= 4 is 41.8 Å². The van der Waals surface area contributed by atoms with E-state index in [1.54, 1.807) is 30.7 Å². The largest absolute Gasteiger partial charge is 0.480 e. The second-order valence-electron chi connectivity index (χ2n) is 20.1. The summed E-state index contributed by atoms with van der Waals surface area (Å²) < 4.78 is 16.1. The van der Waals surface area contributed by atoms with Crippen LogP contribution >= 0.6 is 0 Å². The number of aliphatic carboxylic acids is 3. The number of H-pyrrole nitrogens is 1. The van der Waals surface area contributed by atoms with E-state index in [-0.39, 0.29) is 45.2 Å². The van der Waals surface area contributed by atoms with Crippen molar-refractivity contribution in [2.45, 2.75) is 184 Å². The minimum atomic E-state index is -1.11. The van der Waals surface area contributed by atoms with E-state index in [1.807, 2.05) is 96.3 Å². The van der Waals surface area contributed by atoms with E-state index in [0.717, 1.165) is 98.5 Å². The van der Waals surface area contributed by atoms with Crippen LogP contribution < -0.4 is 21.5 Å². The van der Waals surface area contributed by atoms with Crippen molar-refractivity contribution in [2.75, 3.05) is 19.8 Å². The Labute approximate surface area is 535 Å². The van der Waals surface area contributed by atoms with Crippen LogP contribution in [-0.4, -0.2) is 120 Å². The molecule has 0 saturated heterocycles. The fourth-order valence-electron chi connectivity index (χ4n) is 8.96. The molecule has 91 heavy (non-hydrogen) atoms. The molecule has 0 fully saturated rings. The van der Waals surface area contributed by atoms with Gasteiger partial charge in [0.15, 0.2) is 18.1 Å². The Hall–Kier alpha value is -8.86. The van der Waals surface area contributed by atoms with E-state index in [2.05, 4.69) is 76.2 Å². The number of aliphatic imine (C=N–C) groups is 1. The number of carbonyl (C=O) groups excluding carboxylic acids is 3. The Morgan fingerprint density at radius 3 is 1.11 bits per heavy atom. The highest BCUT2D eigenvalue weighted by molar-refractivity contribution is 5.84. The SMILES string of the molecule is C1=NCc2ccccc21.CC.CC.CC.CC(=O)NC(COCc1ccc2c(n1)CCCC2)C(=O)O.CC(=O)NC(COCc1ccc2c(n1)CCCC2)C(=O)O.CC(=O)NC(COCc1ccc2c(n1)CCCC2)C(=O)O.O=c1cccc[nH]1.c1ccncc1. The number of pyridine rings is 5. The third kappa shape index (κ3) is 33.0. The zero-order chi connectivity index (χ0) is 67.2. The molecule has 1 aliphatic heterocycles. The Kier molecular flexibility index (Phi) is 40.5. The van der Waals surface area contributed by atoms with Crippen molar-refractivity contribution in [1.82, 2.24) is 40.9 Å². The van der Waals surface area contributed by atoms with E-state index in [0.29, 0.717) is 0 Å². The number of aryl methyl sites for hydroxylation is 6. The highest BCUT2D eigenvalue weighted by Crippen LogP contribution is 2.22. The van der Waals surface area contributed by atoms with Gasteiger partial charge in [-0.25, -0.2) is 14.4 Å². The lowest BCUT2D eigenvalue weighted by Gasteiger charge is -2.16. The van der Waals surface area contributed by atoms with Crippen molar-refractivity contribution < 1.29 is 58.3 Å². The van der Waals surface area contributed by atoms with Crippen LogP contribution in [0, 0.1) is 0 Å². The van der Waals surface area contributed by atoms with E-state index in [4.69, 9.17) is 29.5 Å². The Morgan fingerprint density at radius 1 is 0.462 bits per heavy atom. The van der Waals surface area contributed by atoms with E-state index in [9.17, 15) is 33.6 Å². The van der Waals surface area contributed by atoms with Gasteiger partial charge >= 0.3 is 17.9 Å². The Morgan fingerprint density at radius 2 is 0.824 bits per heavy atom. The molecular weight excluding hydrogens is 1160 g/mol. The molecule has 1 aromatic carbocycles. The standard InChI is InChI=1S/3C15H20N2O4.C8H7N.C5H5NO.C5H5N.3C2H6/c3*1-10(18)16-14(15(19)20)9-21-8-12-7-6-11-4-2-3-5-13(11)17-12;1-2-4-8-6-9-5-7(8)3-1;7-5-3-1-2-4-6-5;1-2-4-6-5-3-1;3*1-2/h3*6-7,14H,2-5,8-9H2,1H3,(H,16,18)(H,19,20);1-5H,6H2;1-4H,(H,6,7);1-5H;3*1-2H3. The molecule has 22 nitrogen and oxygen atoms in total. The van der Waals surface area contributed by atoms with Crippen molar-refractivity contribution in [3.05, 3.63) is 188 Å². The predicted molar refractivity (Wildman–Crippen MR) is 350 cm³/mol. The smallest absolute Gasteiger partial charge is 0.328 e. The van der Waals surface area contributed by atoms with Crippen LogP contribution in [0.5, 0.6) is 0 Å². The molecule has 0 bridgehead atoms. The van der Waals surface area contributed by atoms with Crippen LogP contribution in [0.2, 0.25) is 0 Å². The van der Waals surface area contributed by atoms with Gasteiger partial charge in [0.1, 0.15) is 0 Å². The topological polar surface area (TPSA) is 324 Å². The van der Waals surface area contributed by atoms with Gasteiger partial charge in [0.2, 0.25) is 23.3 Å². The number of amides is 3. The number of aromatic amines is 1. The summed E-state index contributed by atoms with van der Waals surface area (Å²) in [5.74, 6) is -4.50. The molecule has 5 aromatic heterocycles. The number of carboxylic acid groups (broad SMARTS) is 3. The third-order valence-corrected chi connectivity index (χ3v) is 13.1. The highest BCUT2D eigenvalue weighted by atomic mass is 16.5. The van der Waals surface area contributed by atoms with Crippen LogP contribution in [-0.2, 0) is 108 Å². The molecule has 3 atom stereocenters. The molecule has 7 N–H and O–H groups in total. The van der Waals surface area contributed by atoms with Crippen LogP contribution in [0.4, 0.5) is 0 Å². The van der Waals surface area contributed by atoms with Crippen LogP contribution in [0.1, 0.15) is 163 Å². The van der Waals surface area contributed by atoms with Gasteiger partial charge in [0, 0.05) is 68.7 Å². The lowest BCUT2D eigenvalue weighted by atomic mass is 9.96. The molecule has 4 aliphatic rings. The summed E-state index contributed by atoms with van der Waals surface area (Å²) in [5.41, 5.74) is 12.2. The second-order valence-corrected chi connectivity index (χ2v) is 20.1. The zero-order valence-corrected chi connectivity index (χ0v) is 54.4. The van der Waals surface area contributed by atoms with Crippen molar-refractivity contribution in [2.24, 2.45) is 4.99 Å². The average Bonchev–Trinajstić information content (AvgIpc) is 1.87. The molecule has 0 saturated carbocycles. The number of hydrogen-bond acceptors (Lipinski definition) is 15. The Balaban J connectivity index is 0.000000384. The molecule has 3 unspecified atom stereocenters. The van der Waals surface area contributed by atoms with Crippen molar-refractivity contribution in [1.29, 1.82) is 0 Å². The molecule has 494 valence electrons. The fraction of sp³-hybridized carbons (Fsp3) is 0.449. The summed E-state index contributed by atoms with van der Waals surface area (Å²) in [6.07, 6.45) is 20.3. The molecule has 0 spiro atoms. The number of nitrogens with one attached hydrogen (secondary N) is 4. The molecule has 3 aliphatic carbocycles. The fourth-order valence-corrected chi connectivity index (χ4v) is 8.96. The van der Waals surface area contributed by atoms with Gasteiger partial charge in [-0.3, -0.25) is 44.1 Å². The lowest BCUT2D eigenvalue weighted by molar-refractivity contribution is -0.144. The first-order chi connectivity index (χ1) is 44.0. The van der Waals surface area contributed by atoms with Gasteiger partial charge in [-0.2, -0.15) is 0 Å². The monoisotopic (exact) mass is 1260 g/mol. The van der Waals surface area contributed by atoms with E-state index < -0.39 is 53.8 Å². The average molecular weight is 1260 g/mol. The number of carbonyl (C=O) groups is 6. The minimum Gasteiger partial charge on any atom is -0.480 e. The van der Waals surface area contributed by atoms with Crippen LogP contribution in [0.3, 0.4) is 0 Å². The first-order valence-electron chi connectivity index (χ1n) is 31.3. The van der Waals surface area contributed by atoms with Crippen LogP contribution in [0.15, 0.2) is 125 Å². The number of ether oxygens (including phenoxy) is 3. The molecule has 6 heterocycles. The van der Waals surface area contributed by atoms with Crippen LogP contribution in [0.25, 0.3) is 0 Å². The maximum absolute atomic E-state index is 11.0. The van der Waals surface area contributed by atoms with E-state index >= 15 is 0 Å². The summed E-state index contributed by atoms with van der Waals surface area (Å²) in [5, 5.41) is 33.9. The van der Waals surface area contributed by atoms with E-state index in [1.165, 1.54) is 73.9 Å². The van der Waals surface area contributed by atoms with Gasteiger partial charge in [-0.15, -0.1) is 0 Å². The molecule has 22 heteroatoms. The van der Waals surface area contributed by atoms with Gasteiger partial charge in [0.05, 0.1) is 63.3 Å². The van der Waals surface area contributed by atoms with Crippen molar-refractivity contribution in [3.63, 3.8) is 0 Å². The summed E-state index contributed by atoms with van der Waals surface area (Å²) in [6.45, 7) is 17.2. The lowest BCUT2D eigenvalue weighted by Crippen LogP contribution is -2.42. The summed E-state index contributed by atoms with van der Waals surface area (Å²) in [4.78, 5) is 99.9.